The summed E-state index contributed by atoms with van der Waals surface area (Å²) in [6, 6.07) is 39.0. The molecule has 2 aliphatic heterocycles. The number of carbonyl (C=O) groups excluding carboxylic acids is 2. The molecule has 0 fully saturated rings. The first-order chi connectivity index (χ1) is 51.7. The van der Waals surface area contributed by atoms with Crippen LogP contribution in [0.25, 0.3) is 32.8 Å². The average Bonchev–Trinajstić information content (AvgIpc) is 1.56. The van der Waals surface area contributed by atoms with Crippen LogP contribution in [0.4, 0.5) is 17.1 Å². The van der Waals surface area contributed by atoms with E-state index in [9.17, 15) is 35.5 Å². The summed E-state index contributed by atoms with van der Waals surface area (Å²) in [4.78, 5) is 30.2. The smallest absolute Gasteiger partial charge is 0.264 e. The van der Waals surface area contributed by atoms with Crippen molar-refractivity contribution in [1.29, 1.82) is 0 Å². The fourth-order valence-electron chi connectivity index (χ4n) is 16.0. The number of benzene rings is 6. The summed E-state index contributed by atoms with van der Waals surface area (Å²) in [5, 5.41) is 16.2. The first-order valence-electron chi connectivity index (χ1n) is 38.3. The number of Topliss-reactive ketones (excluding diaryl/α,β-unsaturated/α-hetero) is 1. The second-order valence-corrected chi connectivity index (χ2v) is 33.9. The Hall–Kier alpha value is -8.00. The van der Waals surface area contributed by atoms with E-state index in [-0.39, 0.29) is 22.9 Å². The van der Waals surface area contributed by atoms with Crippen molar-refractivity contribution in [3.63, 3.8) is 0 Å². The number of hydrogen-bond donors (Lipinski definition) is 3. The Labute approximate surface area is 638 Å². The molecule has 578 valence electrons. The molecule has 7 aromatic rings. The molecular weight excluding hydrogens is 1400 g/mol. The number of rotatable bonds is 38. The number of carbonyl (C=O) groups is 2. The predicted octanol–water partition coefficient (Wildman–Crippen LogP) is 14.6. The fraction of sp³-hybridized carbons (Fsp3) is 0.465. The molecular formula is C86H109N7O13S2. The quantitative estimate of drug-likeness (QED) is 0.0185. The Morgan fingerprint density at radius 2 is 1.35 bits per heavy atom. The summed E-state index contributed by atoms with van der Waals surface area (Å²) in [5.41, 5.74) is 15.2. The minimum Gasteiger partial charge on any atom is -0.748 e. The van der Waals surface area contributed by atoms with E-state index in [1.807, 2.05) is 48.9 Å². The number of nitrogens with one attached hydrogen (secondary N) is 2. The van der Waals surface area contributed by atoms with Gasteiger partial charge in [-0.2, -0.15) is 18.1 Å². The lowest BCUT2D eigenvalue weighted by Gasteiger charge is -2.29. The maximum Gasteiger partial charge on any atom is 0.264 e. The Balaban J connectivity index is 0.658. The molecule has 1 amide bonds. The van der Waals surface area contributed by atoms with E-state index in [0.29, 0.717) is 135 Å². The van der Waals surface area contributed by atoms with Crippen molar-refractivity contribution in [2.75, 3.05) is 122 Å². The number of ketones is 1. The molecule has 22 heteroatoms. The number of allylic oxidation sites excluding steroid dienone is 8. The zero-order valence-electron chi connectivity index (χ0n) is 64.6. The Morgan fingerprint density at radius 3 is 2.00 bits per heavy atom. The average molecular weight is 1510 g/mol. The van der Waals surface area contributed by atoms with Crippen LogP contribution in [0.1, 0.15) is 161 Å². The molecule has 20 nitrogen and oxygen atoms in total. The molecule has 1 unspecified atom stereocenters. The lowest BCUT2D eigenvalue weighted by atomic mass is 9.75. The number of amides is 1. The number of hydrogen-bond acceptors (Lipinski definition) is 16. The van der Waals surface area contributed by atoms with Gasteiger partial charge in [-0.3, -0.25) is 14.1 Å². The molecule has 0 spiro atoms. The molecule has 11 rings (SSSR count). The zero-order valence-corrected chi connectivity index (χ0v) is 66.3. The number of anilines is 2. The lowest BCUT2D eigenvalue weighted by Crippen LogP contribution is -2.35. The molecule has 0 saturated carbocycles. The monoisotopic (exact) mass is 1510 g/mol. The normalized spacial score (nSPS) is 17.3. The largest absolute Gasteiger partial charge is 0.748 e. The summed E-state index contributed by atoms with van der Waals surface area (Å²) in [6.07, 6.45) is 15.5. The van der Waals surface area contributed by atoms with E-state index in [0.717, 1.165) is 123 Å². The number of nitrogens with zero attached hydrogens (tertiary/aromatic N) is 5. The van der Waals surface area contributed by atoms with Gasteiger partial charge >= 0.3 is 0 Å². The summed E-state index contributed by atoms with van der Waals surface area (Å²) in [6.45, 7) is 24.2. The molecule has 0 saturated heterocycles. The molecule has 6 aromatic carbocycles. The van der Waals surface area contributed by atoms with Gasteiger partial charge in [0.25, 0.3) is 16.0 Å². The molecule has 0 radical (unpaired) electrons. The topological polar surface area (TPSA) is 243 Å². The van der Waals surface area contributed by atoms with Gasteiger partial charge in [-0.1, -0.05) is 132 Å². The van der Waals surface area contributed by atoms with E-state index < -0.39 is 42.9 Å². The molecule has 2 aliphatic carbocycles. The minimum absolute atomic E-state index is 0.111. The van der Waals surface area contributed by atoms with Crippen LogP contribution in [0.5, 0.6) is 0 Å². The molecule has 108 heavy (non-hydrogen) atoms. The highest BCUT2D eigenvalue weighted by molar-refractivity contribution is 7.86. The van der Waals surface area contributed by atoms with Crippen molar-refractivity contribution in [3.05, 3.63) is 201 Å². The third-order valence-electron chi connectivity index (χ3n) is 21.2. The van der Waals surface area contributed by atoms with Gasteiger partial charge in [0.15, 0.2) is 17.5 Å². The van der Waals surface area contributed by atoms with Gasteiger partial charge in [0, 0.05) is 93.9 Å². The van der Waals surface area contributed by atoms with Crippen molar-refractivity contribution in [1.82, 2.24) is 20.0 Å². The minimum atomic E-state index is -4.60. The van der Waals surface area contributed by atoms with Crippen LogP contribution in [-0.2, 0) is 67.7 Å². The highest BCUT2D eigenvalue weighted by Gasteiger charge is 2.48. The standard InChI is InChI=1S/C86H109N7O13S2/c1-11-67(59-108(99,100)101)92-78(85(5,6)72-37-31-63-22-13-15-26-70(63)82(72)92)40-34-65-24-18-23-64(33-39-77-86(7,8)81-69-25-14-12-21-62(69)32-38-74(81)91(77)43-16-17-54-107(96,97)98)80(65)66-29-27-61(28-30-66)58-87-41-19-44-102-46-48-104-50-52-106-53-51-105-49-47-103-45-20-42-88-73-55-68(35-36-71(73)83(95)90(9)10)93-75-56-84(3,4)57-76(94)79(75)60(2)89-93/h12-15,21-22,25-40,55,67,87H,11,16-20,23-24,41-54,56-59H2,1-10H3,(H2-,88,95,96,97,98,99,100,101). The SMILES string of the molecule is CCC(CS(=O)(=O)[O-])[N+]1=C(/C=C/C2=C(c3ccc(CNCCCOCCOCCOCCOCCOCCCNc4cc(-n5nc(C)c6c5CC(C)(C)CC6=O)ccc4C(=O)N(C)C)cc3)C(=C/C=C3/N(CCCCS(=O)(=O)O)c4ccc5ccccc5c4C3(C)C)/CCC2)C(C)(C)c2ccc3ccccc3c21. The molecule has 1 atom stereocenters. The Bertz CT molecular complexity index is 4800. The van der Waals surface area contributed by atoms with Crippen LogP contribution in [0, 0.1) is 12.3 Å². The second-order valence-electron chi connectivity index (χ2n) is 30.9. The summed E-state index contributed by atoms with van der Waals surface area (Å²) >= 11 is 0. The van der Waals surface area contributed by atoms with Crippen molar-refractivity contribution < 1.29 is 63.8 Å². The number of unbranched alkanes of at least 4 members (excludes halogenated alkanes) is 1. The van der Waals surface area contributed by atoms with Crippen molar-refractivity contribution >= 4 is 81.8 Å². The number of ether oxygens (including phenoxy) is 5. The van der Waals surface area contributed by atoms with Crippen molar-refractivity contribution in [3.8, 4) is 5.69 Å². The summed E-state index contributed by atoms with van der Waals surface area (Å²) < 4.78 is 104. The molecule has 3 N–H and O–H groups in total. The number of fused-ring (bicyclic) bond motifs is 7. The predicted molar refractivity (Wildman–Crippen MR) is 429 cm³/mol. The van der Waals surface area contributed by atoms with Gasteiger partial charge in [0.05, 0.1) is 97.6 Å². The van der Waals surface area contributed by atoms with E-state index >= 15 is 0 Å². The van der Waals surface area contributed by atoms with Crippen molar-refractivity contribution in [2.45, 2.75) is 143 Å². The summed E-state index contributed by atoms with van der Waals surface area (Å²) in [7, 11) is -5.25. The Morgan fingerprint density at radius 1 is 0.722 bits per heavy atom. The van der Waals surface area contributed by atoms with Crippen molar-refractivity contribution in [2.24, 2.45) is 5.41 Å². The van der Waals surface area contributed by atoms with Crippen LogP contribution in [-0.4, -0.2) is 180 Å². The molecule has 4 aliphatic rings. The lowest BCUT2D eigenvalue weighted by molar-refractivity contribution is -0.475. The van der Waals surface area contributed by atoms with Gasteiger partial charge in [0.2, 0.25) is 5.69 Å². The van der Waals surface area contributed by atoms with Crippen LogP contribution in [0.15, 0.2) is 156 Å². The van der Waals surface area contributed by atoms with E-state index in [1.165, 1.54) is 16.5 Å². The first kappa shape index (κ1) is 81.0. The highest BCUT2D eigenvalue weighted by Crippen LogP contribution is 2.52. The third kappa shape index (κ3) is 19.6. The van der Waals surface area contributed by atoms with Gasteiger partial charge in [-0.25, -0.2) is 13.1 Å². The maximum atomic E-state index is 13.2. The zero-order chi connectivity index (χ0) is 77.0. The van der Waals surface area contributed by atoms with Crippen LogP contribution in [0.3, 0.4) is 0 Å². The van der Waals surface area contributed by atoms with Crippen LogP contribution < -0.4 is 15.5 Å². The molecule has 1 aromatic heterocycles. The Kier molecular flexibility index (Phi) is 26.8. The maximum absolute atomic E-state index is 13.2. The molecule has 3 heterocycles. The fourth-order valence-corrected chi connectivity index (χ4v) is 17.4. The second kappa shape index (κ2) is 35.8. The van der Waals surface area contributed by atoms with E-state index in [1.54, 1.807) is 19.0 Å². The van der Waals surface area contributed by atoms with Gasteiger partial charge < -0.3 is 48.7 Å². The van der Waals surface area contributed by atoms with Gasteiger partial charge in [-0.15, -0.1) is 0 Å². The van der Waals surface area contributed by atoms with Crippen LogP contribution in [0.2, 0.25) is 0 Å². The van der Waals surface area contributed by atoms with Crippen LogP contribution >= 0.6 is 0 Å². The molecule has 0 bridgehead atoms. The summed E-state index contributed by atoms with van der Waals surface area (Å²) in [5.74, 6) is -0.819. The number of aromatic nitrogens is 2. The van der Waals surface area contributed by atoms with Gasteiger partial charge in [-0.05, 0) is 170 Å². The van der Waals surface area contributed by atoms with Gasteiger partial charge in [0.1, 0.15) is 15.9 Å². The highest BCUT2D eigenvalue weighted by atomic mass is 32.2. The van der Waals surface area contributed by atoms with E-state index in [4.69, 9.17) is 28.8 Å². The number of aryl methyl sites for hydroxylation is 1. The third-order valence-corrected chi connectivity index (χ3v) is 22.8. The van der Waals surface area contributed by atoms with E-state index in [2.05, 4.69) is 171 Å². The first-order valence-corrected chi connectivity index (χ1v) is 41.4.